The molecule has 2 N–H and O–H groups in total. The summed E-state index contributed by atoms with van der Waals surface area (Å²) in [4.78, 5) is 27.6. The molecule has 1 atom stereocenters. The molecule has 2 heterocycles. The molecule has 1 unspecified atom stereocenters. The predicted molar refractivity (Wildman–Crippen MR) is 133 cm³/mol. The van der Waals surface area contributed by atoms with Gasteiger partial charge in [-0.25, -0.2) is 9.18 Å². The highest BCUT2D eigenvalue weighted by Crippen LogP contribution is 2.37. The van der Waals surface area contributed by atoms with Crippen molar-refractivity contribution in [2.75, 3.05) is 45.4 Å². The first-order valence-corrected chi connectivity index (χ1v) is 12.3. The fourth-order valence-corrected chi connectivity index (χ4v) is 4.98. The van der Waals surface area contributed by atoms with Gasteiger partial charge in [0.2, 0.25) is 5.91 Å². The summed E-state index contributed by atoms with van der Waals surface area (Å²) in [6.45, 7) is 2.31. The molecule has 9 heteroatoms. The molecule has 2 fully saturated rings. The van der Waals surface area contributed by atoms with E-state index >= 15 is 0 Å². The van der Waals surface area contributed by atoms with Crippen LogP contribution in [0, 0.1) is 11.7 Å². The van der Waals surface area contributed by atoms with E-state index in [1.54, 1.807) is 19.1 Å². The van der Waals surface area contributed by atoms with Crippen molar-refractivity contribution < 1.29 is 28.2 Å². The Kier molecular flexibility index (Phi) is 8.11. The number of amides is 3. The highest BCUT2D eigenvalue weighted by atomic mass is 19.1. The molecule has 0 radical (unpaired) electrons. The molecule has 36 heavy (non-hydrogen) atoms. The number of hydrogen-bond donors (Lipinski definition) is 1. The quantitative estimate of drug-likeness (QED) is 0.625. The summed E-state index contributed by atoms with van der Waals surface area (Å²) in [6, 6.07) is 11.7. The number of piperidine rings is 1. The molecule has 194 valence electrons. The zero-order chi connectivity index (χ0) is 25.7. The number of ether oxygens (including phenoxy) is 3. The average molecular weight is 500 g/mol. The highest BCUT2D eigenvalue weighted by Gasteiger charge is 2.35. The Labute approximate surface area is 211 Å². The lowest BCUT2D eigenvalue weighted by Gasteiger charge is -2.36. The zero-order valence-electron chi connectivity index (χ0n) is 20.9. The normalized spacial score (nSPS) is 19.5. The minimum atomic E-state index is -0.579. The van der Waals surface area contributed by atoms with Gasteiger partial charge in [-0.05, 0) is 48.2 Å². The predicted octanol–water partition coefficient (Wildman–Crippen LogP) is 3.81. The first kappa shape index (κ1) is 25.9. The minimum absolute atomic E-state index is 0.0441. The van der Waals surface area contributed by atoms with Crippen molar-refractivity contribution in [3.8, 4) is 5.75 Å². The molecule has 2 saturated heterocycles. The summed E-state index contributed by atoms with van der Waals surface area (Å²) in [7, 11) is 3.37. The van der Waals surface area contributed by atoms with Gasteiger partial charge in [0.15, 0.2) is 0 Å². The molecule has 2 aromatic rings. The summed E-state index contributed by atoms with van der Waals surface area (Å²) >= 11 is 0. The van der Waals surface area contributed by atoms with E-state index in [1.807, 2.05) is 30.3 Å². The van der Waals surface area contributed by atoms with Gasteiger partial charge in [-0.1, -0.05) is 12.1 Å². The lowest BCUT2D eigenvalue weighted by molar-refractivity contribution is -0.123. The van der Waals surface area contributed by atoms with Gasteiger partial charge in [0.1, 0.15) is 18.2 Å². The van der Waals surface area contributed by atoms with Crippen LogP contribution in [0.3, 0.4) is 0 Å². The molecule has 0 aromatic heterocycles. The molecule has 4 rings (SSSR count). The standard InChI is InChI=1S/C27H34FN3O5/c1-30(25(32)20-4-3-11-31(17-20)26(29)33)23-7-5-19(6-8-23)18-36-24-15-21(14-22(28)16-24)27(34-2)9-12-35-13-10-27/h5-8,14-16,20H,3-4,9-13,17-18H2,1-2H3,(H2,29,33). The molecule has 0 saturated carbocycles. The van der Waals surface area contributed by atoms with Gasteiger partial charge in [0, 0.05) is 65.1 Å². The number of hydrogen-bond acceptors (Lipinski definition) is 5. The van der Waals surface area contributed by atoms with Gasteiger partial charge in [0.05, 0.1) is 11.5 Å². The Morgan fingerprint density at radius 3 is 2.58 bits per heavy atom. The van der Waals surface area contributed by atoms with Crippen LogP contribution < -0.4 is 15.4 Å². The molecular weight excluding hydrogens is 465 g/mol. The van der Waals surface area contributed by atoms with Gasteiger partial charge < -0.3 is 29.7 Å². The number of methoxy groups -OCH3 is 1. The van der Waals surface area contributed by atoms with Crippen molar-refractivity contribution in [3.63, 3.8) is 0 Å². The van der Waals surface area contributed by atoms with E-state index in [2.05, 4.69) is 0 Å². The Bertz CT molecular complexity index is 1070. The van der Waals surface area contributed by atoms with E-state index in [0.717, 1.165) is 29.7 Å². The maximum absolute atomic E-state index is 14.4. The van der Waals surface area contributed by atoms with Crippen molar-refractivity contribution in [3.05, 3.63) is 59.4 Å². The smallest absolute Gasteiger partial charge is 0.314 e. The largest absolute Gasteiger partial charge is 0.489 e. The molecule has 2 aliphatic rings. The molecule has 2 aromatic carbocycles. The van der Waals surface area contributed by atoms with E-state index in [9.17, 15) is 14.0 Å². The number of carbonyl (C=O) groups is 2. The van der Waals surface area contributed by atoms with Crippen molar-refractivity contribution in [1.82, 2.24) is 4.90 Å². The fourth-order valence-electron chi connectivity index (χ4n) is 4.98. The van der Waals surface area contributed by atoms with Crippen LogP contribution in [0.1, 0.15) is 36.8 Å². The van der Waals surface area contributed by atoms with Gasteiger partial charge >= 0.3 is 6.03 Å². The number of rotatable bonds is 7. The minimum Gasteiger partial charge on any atom is -0.489 e. The first-order chi connectivity index (χ1) is 17.3. The summed E-state index contributed by atoms with van der Waals surface area (Å²) in [5, 5.41) is 0. The third kappa shape index (κ3) is 5.79. The number of benzene rings is 2. The first-order valence-electron chi connectivity index (χ1n) is 12.3. The second-order valence-electron chi connectivity index (χ2n) is 9.46. The lowest BCUT2D eigenvalue weighted by Crippen LogP contribution is -2.47. The molecule has 2 aliphatic heterocycles. The second kappa shape index (κ2) is 11.3. The zero-order valence-corrected chi connectivity index (χ0v) is 20.9. The van der Waals surface area contributed by atoms with Crippen LogP contribution in [0.5, 0.6) is 5.75 Å². The molecule has 0 bridgehead atoms. The number of urea groups is 1. The van der Waals surface area contributed by atoms with E-state index < -0.39 is 11.6 Å². The van der Waals surface area contributed by atoms with Crippen LogP contribution >= 0.6 is 0 Å². The Hall–Kier alpha value is -3.17. The second-order valence-corrected chi connectivity index (χ2v) is 9.46. The van der Waals surface area contributed by atoms with Crippen LogP contribution in [-0.2, 0) is 26.5 Å². The fraction of sp³-hybridized carbons (Fsp3) is 0.481. The topological polar surface area (TPSA) is 94.3 Å². The maximum atomic E-state index is 14.4. The van der Waals surface area contributed by atoms with E-state index in [1.165, 1.54) is 17.0 Å². The van der Waals surface area contributed by atoms with Crippen molar-refractivity contribution in [2.24, 2.45) is 11.7 Å². The Morgan fingerprint density at radius 1 is 1.19 bits per heavy atom. The van der Waals surface area contributed by atoms with Crippen LogP contribution in [0.15, 0.2) is 42.5 Å². The Balaban J connectivity index is 1.39. The number of carbonyl (C=O) groups excluding carboxylic acids is 2. The number of primary amides is 1. The number of likely N-dealkylation sites (tertiary alicyclic amines) is 1. The molecule has 0 aliphatic carbocycles. The number of halogens is 1. The van der Waals surface area contributed by atoms with Crippen LogP contribution in [-0.4, -0.2) is 57.3 Å². The summed E-state index contributed by atoms with van der Waals surface area (Å²) in [5.74, 6) is -0.260. The summed E-state index contributed by atoms with van der Waals surface area (Å²) < 4.78 is 31.6. The van der Waals surface area contributed by atoms with Gasteiger partial charge in [0.25, 0.3) is 0 Å². The van der Waals surface area contributed by atoms with E-state index in [4.69, 9.17) is 19.9 Å². The third-order valence-corrected chi connectivity index (χ3v) is 7.23. The maximum Gasteiger partial charge on any atom is 0.314 e. The van der Waals surface area contributed by atoms with Crippen molar-refractivity contribution in [1.29, 1.82) is 0 Å². The van der Waals surface area contributed by atoms with Crippen molar-refractivity contribution >= 4 is 17.6 Å². The van der Waals surface area contributed by atoms with Gasteiger partial charge in [-0.2, -0.15) is 0 Å². The molecule has 3 amide bonds. The number of anilines is 1. The number of nitrogens with zero attached hydrogens (tertiary/aromatic N) is 2. The van der Waals surface area contributed by atoms with E-state index in [0.29, 0.717) is 44.9 Å². The molecular formula is C27H34FN3O5. The summed E-state index contributed by atoms with van der Waals surface area (Å²) in [5.41, 5.74) is 7.19. The lowest BCUT2D eigenvalue weighted by atomic mass is 9.86. The molecule has 0 spiro atoms. The SMILES string of the molecule is COC1(c2cc(F)cc(OCc3ccc(N(C)C(=O)C4CCCN(C(N)=O)C4)cc3)c2)CCOCC1. The average Bonchev–Trinajstić information content (AvgIpc) is 2.91. The molecule has 8 nitrogen and oxygen atoms in total. The summed E-state index contributed by atoms with van der Waals surface area (Å²) in [6.07, 6.45) is 2.79. The van der Waals surface area contributed by atoms with Crippen LogP contribution in [0.2, 0.25) is 0 Å². The van der Waals surface area contributed by atoms with Gasteiger partial charge in [-0.3, -0.25) is 4.79 Å². The third-order valence-electron chi connectivity index (χ3n) is 7.23. The Morgan fingerprint density at radius 2 is 1.92 bits per heavy atom. The highest BCUT2D eigenvalue weighted by molar-refractivity contribution is 5.95. The van der Waals surface area contributed by atoms with Gasteiger partial charge in [-0.15, -0.1) is 0 Å². The van der Waals surface area contributed by atoms with Crippen LogP contribution in [0.4, 0.5) is 14.9 Å². The van der Waals surface area contributed by atoms with Crippen LogP contribution in [0.25, 0.3) is 0 Å². The van der Waals surface area contributed by atoms with E-state index in [-0.39, 0.29) is 24.2 Å². The van der Waals surface area contributed by atoms with Crippen molar-refractivity contribution in [2.45, 2.75) is 37.9 Å². The monoisotopic (exact) mass is 499 g/mol. The number of nitrogens with two attached hydrogens (primary N) is 1.